The van der Waals surface area contributed by atoms with Crippen LogP contribution in [-0.4, -0.2) is 90.0 Å². The summed E-state index contributed by atoms with van der Waals surface area (Å²) in [7, 11) is 8.31. The first-order chi connectivity index (χ1) is 14.4. The van der Waals surface area contributed by atoms with Crippen LogP contribution in [0.3, 0.4) is 0 Å². The molecule has 1 fully saturated rings. The normalized spacial score (nSPS) is 14.7. The van der Waals surface area contributed by atoms with Gasteiger partial charge in [-0.25, -0.2) is 9.97 Å². The standard InChI is InChI=1S/C19H23B4N5O2/c20-15-14(17(22)27-18(23)16(15)21)10-1-2-11-8-24-19(25-12(11)7-10)26-13(29)9-28-3-5-30-6-4-28/h1-2,7-8H,3-6,9,20-23H2,(H,24,25,26,29). The summed E-state index contributed by atoms with van der Waals surface area (Å²) in [6, 6.07) is 6.13. The van der Waals surface area contributed by atoms with Crippen LogP contribution >= 0.6 is 0 Å². The molecule has 3 aromatic rings. The smallest absolute Gasteiger partial charge is 0.240 e. The van der Waals surface area contributed by atoms with E-state index >= 15 is 0 Å². The van der Waals surface area contributed by atoms with E-state index in [9.17, 15) is 4.79 Å². The molecule has 11 heteroatoms. The van der Waals surface area contributed by atoms with Gasteiger partial charge in [0.05, 0.1) is 25.3 Å². The highest BCUT2D eigenvalue weighted by Crippen LogP contribution is 2.21. The fraction of sp³-hybridized carbons (Fsp3) is 0.263. The number of aromatic nitrogens is 3. The number of nitrogens with zero attached hydrogens (tertiary/aromatic N) is 4. The highest BCUT2D eigenvalue weighted by Gasteiger charge is 2.16. The Balaban J connectivity index is 1.60. The van der Waals surface area contributed by atoms with Gasteiger partial charge in [-0.1, -0.05) is 23.1 Å². The lowest BCUT2D eigenvalue weighted by Gasteiger charge is -2.25. The molecule has 0 bridgehead atoms. The van der Waals surface area contributed by atoms with Gasteiger partial charge in [0, 0.05) is 30.3 Å². The van der Waals surface area contributed by atoms with E-state index in [-0.39, 0.29) is 5.91 Å². The molecular formula is C19H23B4N5O2. The van der Waals surface area contributed by atoms with Crippen LogP contribution in [0.15, 0.2) is 24.4 Å². The maximum absolute atomic E-state index is 12.4. The second-order valence-electron chi connectivity index (χ2n) is 7.81. The molecule has 0 radical (unpaired) electrons. The van der Waals surface area contributed by atoms with Crippen molar-refractivity contribution in [2.75, 3.05) is 38.2 Å². The molecule has 0 aliphatic carbocycles. The minimum Gasteiger partial charge on any atom is -0.379 e. The average Bonchev–Trinajstić information content (AvgIpc) is 2.72. The zero-order valence-corrected chi connectivity index (χ0v) is 18.0. The number of fused-ring (bicyclic) bond motifs is 1. The third kappa shape index (κ3) is 4.27. The molecule has 3 heterocycles. The SMILES string of the molecule is Bc1nc(B)c(-c2ccc3cnc(NC(=O)CN4CCOCC4)nc3c2)c(B)c1B. The third-order valence-electron chi connectivity index (χ3n) is 5.77. The van der Waals surface area contributed by atoms with Crippen LogP contribution in [0.25, 0.3) is 22.0 Å². The summed E-state index contributed by atoms with van der Waals surface area (Å²) >= 11 is 0. The topological polar surface area (TPSA) is 80.2 Å². The first kappa shape index (κ1) is 20.6. The Bertz CT molecular complexity index is 1120. The summed E-state index contributed by atoms with van der Waals surface area (Å²) in [6.07, 6.45) is 1.74. The maximum atomic E-state index is 12.4. The van der Waals surface area contributed by atoms with Crippen molar-refractivity contribution >= 4 is 76.3 Å². The van der Waals surface area contributed by atoms with E-state index in [2.05, 4.69) is 41.9 Å². The van der Waals surface area contributed by atoms with Gasteiger partial charge in [-0.2, -0.15) is 0 Å². The number of anilines is 1. The number of carbonyl (C=O) groups is 1. The second-order valence-corrected chi connectivity index (χ2v) is 7.81. The van der Waals surface area contributed by atoms with Crippen LogP contribution in [0.1, 0.15) is 0 Å². The van der Waals surface area contributed by atoms with Crippen LogP contribution in [-0.2, 0) is 9.53 Å². The zero-order valence-electron chi connectivity index (χ0n) is 18.0. The van der Waals surface area contributed by atoms with E-state index in [0.29, 0.717) is 25.7 Å². The molecule has 1 aliphatic rings. The van der Waals surface area contributed by atoms with Crippen molar-refractivity contribution in [2.45, 2.75) is 0 Å². The van der Waals surface area contributed by atoms with E-state index in [4.69, 9.17) is 9.72 Å². The van der Waals surface area contributed by atoms with Crippen molar-refractivity contribution in [1.29, 1.82) is 0 Å². The molecule has 1 saturated heterocycles. The predicted molar refractivity (Wildman–Crippen MR) is 131 cm³/mol. The number of amides is 1. The van der Waals surface area contributed by atoms with Gasteiger partial charge in [0.25, 0.3) is 0 Å². The van der Waals surface area contributed by atoms with Gasteiger partial charge in [0.15, 0.2) is 15.7 Å². The molecule has 0 unspecified atom stereocenters. The highest BCUT2D eigenvalue weighted by atomic mass is 16.5. The fourth-order valence-electron chi connectivity index (χ4n) is 3.91. The molecule has 1 N–H and O–H groups in total. The number of hydrogen-bond acceptors (Lipinski definition) is 6. The van der Waals surface area contributed by atoms with Crippen molar-refractivity contribution in [1.82, 2.24) is 19.9 Å². The molecular weight excluding hydrogens is 373 g/mol. The van der Waals surface area contributed by atoms with Crippen LogP contribution in [0, 0.1) is 0 Å². The van der Waals surface area contributed by atoms with Gasteiger partial charge in [-0.05, 0) is 22.8 Å². The molecule has 30 heavy (non-hydrogen) atoms. The molecule has 148 valence electrons. The number of carbonyl (C=O) groups excluding carboxylic acids is 1. The molecule has 7 nitrogen and oxygen atoms in total. The monoisotopic (exact) mass is 397 g/mol. The fourth-order valence-corrected chi connectivity index (χ4v) is 3.91. The molecule has 2 aromatic heterocycles. The van der Waals surface area contributed by atoms with Gasteiger partial charge in [0.2, 0.25) is 11.9 Å². The number of morpholine rings is 1. The van der Waals surface area contributed by atoms with Crippen molar-refractivity contribution in [3.8, 4) is 11.1 Å². The molecule has 1 aromatic carbocycles. The predicted octanol–water partition coefficient (Wildman–Crippen LogP) is -5.00. The van der Waals surface area contributed by atoms with E-state index in [0.717, 1.165) is 46.3 Å². The lowest BCUT2D eigenvalue weighted by Crippen LogP contribution is -2.47. The summed E-state index contributed by atoms with van der Waals surface area (Å²) in [6.45, 7) is 3.16. The van der Waals surface area contributed by atoms with Crippen LogP contribution in [0.4, 0.5) is 5.95 Å². The Hall–Kier alpha value is -2.64. The molecule has 4 rings (SSSR count). The van der Waals surface area contributed by atoms with Gasteiger partial charge in [0.1, 0.15) is 15.7 Å². The first-order valence-corrected chi connectivity index (χ1v) is 10.2. The van der Waals surface area contributed by atoms with E-state index in [1.54, 1.807) is 6.20 Å². The Morgan fingerprint density at radius 3 is 2.60 bits per heavy atom. The van der Waals surface area contributed by atoms with Crippen molar-refractivity contribution < 1.29 is 9.53 Å². The summed E-state index contributed by atoms with van der Waals surface area (Å²) < 4.78 is 5.32. The second kappa shape index (κ2) is 8.61. The maximum Gasteiger partial charge on any atom is 0.240 e. The molecule has 0 saturated carbocycles. The van der Waals surface area contributed by atoms with Crippen molar-refractivity contribution in [3.63, 3.8) is 0 Å². The minimum atomic E-state index is -0.113. The Morgan fingerprint density at radius 1 is 1.07 bits per heavy atom. The highest BCUT2D eigenvalue weighted by molar-refractivity contribution is 6.59. The largest absolute Gasteiger partial charge is 0.379 e. The van der Waals surface area contributed by atoms with Gasteiger partial charge in [-0.15, -0.1) is 0 Å². The van der Waals surface area contributed by atoms with Gasteiger partial charge in [-0.3, -0.25) is 20.0 Å². The van der Waals surface area contributed by atoms with Crippen LogP contribution < -0.4 is 27.4 Å². The van der Waals surface area contributed by atoms with E-state index in [1.807, 2.05) is 27.8 Å². The number of hydrogen-bond donors (Lipinski definition) is 1. The summed E-state index contributed by atoms with van der Waals surface area (Å²) in [5.74, 6) is 0.210. The number of pyridine rings is 1. The van der Waals surface area contributed by atoms with Crippen LogP contribution in [0.2, 0.25) is 0 Å². The molecule has 1 aliphatic heterocycles. The minimum absolute atomic E-state index is 0.113. The van der Waals surface area contributed by atoms with Crippen LogP contribution in [0.5, 0.6) is 0 Å². The summed E-state index contributed by atoms with van der Waals surface area (Å²) in [4.78, 5) is 28.0. The van der Waals surface area contributed by atoms with Crippen molar-refractivity contribution in [2.24, 2.45) is 0 Å². The van der Waals surface area contributed by atoms with Gasteiger partial charge >= 0.3 is 0 Å². The van der Waals surface area contributed by atoms with E-state index in [1.165, 1.54) is 10.9 Å². The summed E-state index contributed by atoms with van der Waals surface area (Å²) in [5, 5.41) is 3.75. The lowest BCUT2D eigenvalue weighted by molar-refractivity contribution is -0.118. The van der Waals surface area contributed by atoms with Crippen molar-refractivity contribution in [3.05, 3.63) is 24.4 Å². The number of rotatable bonds is 4. The quantitative estimate of drug-likeness (QED) is 0.445. The molecule has 0 spiro atoms. The molecule has 0 atom stereocenters. The van der Waals surface area contributed by atoms with E-state index < -0.39 is 0 Å². The lowest BCUT2D eigenvalue weighted by atomic mass is 9.70. The number of ether oxygens (including phenoxy) is 1. The zero-order chi connectivity index (χ0) is 21.3. The summed E-state index contributed by atoms with van der Waals surface area (Å²) in [5.41, 5.74) is 7.49. The Kier molecular flexibility index (Phi) is 5.92. The first-order valence-electron chi connectivity index (χ1n) is 10.2. The van der Waals surface area contributed by atoms with Gasteiger partial charge < -0.3 is 4.74 Å². The Labute approximate surface area is 179 Å². The number of nitrogens with one attached hydrogen (secondary N) is 1. The molecule has 1 amide bonds. The average molecular weight is 397 g/mol. The number of benzene rings is 1. The third-order valence-corrected chi connectivity index (χ3v) is 5.77. The Morgan fingerprint density at radius 2 is 1.83 bits per heavy atom.